The maximum Gasteiger partial charge on any atom is 0.227 e. The highest BCUT2D eigenvalue weighted by atomic mass is 35.5. The molecule has 0 saturated heterocycles. The number of methoxy groups -OCH3 is 1. The van der Waals surface area contributed by atoms with Gasteiger partial charge < -0.3 is 15.2 Å². The predicted molar refractivity (Wildman–Crippen MR) is 82.6 cm³/mol. The van der Waals surface area contributed by atoms with Crippen molar-refractivity contribution in [3.8, 4) is 5.75 Å². The molecule has 0 fully saturated rings. The van der Waals surface area contributed by atoms with Crippen LogP contribution in [-0.2, 0) is 4.79 Å². The molecule has 6 heteroatoms. The van der Waals surface area contributed by atoms with Gasteiger partial charge >= 0.3 is 0 Å². The second kappa shape index (κ2) is 7.24. The smallest absolute Gasteiger partial charge is 0.227 e. The van der Waals surface area contributed by atoms with Crippen LogP contribution < -0.4 is 10.1 Å². The molecule has 1 atom stereocenters. The van der Waals surface area contributed by atoms with E-state index in [2.05, 4.69) is 5.32 Å². The monoisotopic (exact) mass is 323 g/mol. The van der Waals surface area contributed by atoms with Gasteiger partial charge in [0.15, 0.2) is 0 Å². The lowest BCUT2D eigenvalue weighted by molar-refractivity contribution is -0.118. The van der Waals surface area contributed by atoms with Gasteiger partial charge in [-0.1, -0.05) is 23.7 Å². The third-order valence-electron chi connectivity index (χ3n) is 3.05. The minimum absolute atomic E-state index is 0.209. The van der Waals surface area contributed by atoms with Crippen LogP contribution in [0.15, 0.2) is 42.5 Å². The molecule has 4 nitrogen and oxygen atoms in total. The van der Waals surface area contributed by atoms with Crippen LogP contribution in [0.4, 0.5) is 10.1 Å². The van der Waals surface area contributed by atoms with Gasteiger partial charge in [-0.2, -0.15) is 0 Å². The number of hydrogen-bond donors (Lipinski definition) is 2. The summed E-state index contributed by atoms with van der Waals surface area (Å²) in [4.78, 5) is 12.0. The minimum Gasteiger partial charge on any atom is -0.495 e. The van der Waals surface area contributed by atoms with Crippen LogP contribution in [0, 0.1) is 5.82 Å². The van der Waals surface area contributed by atoms with Crippen LogP contribution in [0.5, 0.6) is 5.75 Å². The van der Waals surface area contributed by atoms with E-state index in [-0.39, 0.29) is 6.42 Å². The molecule has 0 aliphatic heterocycles. The summed E-state index contributed by atoms with van der Waals surface area (Å²) in [5, 5.41) is 13.1. The summed E-state index contributed by atoms with van der Waals surface area (Å²) in [5.74, 6) is -0.441. The number of rotatable bonds is 5. The topological polar surface area (TPSA) is 58.6 Å². The van der Waals surface area contributed by atoms with E-state index in [9.17, 15) is 14.3 Å². The van der Waals surface area contributed by atoms with Crippen molar-refractivity contribution in [1.29, 1.82) is 0 Å². The molecule has 0 aliphatic carbocycles. The number of nitrogens with one attached hydrogen (secondary N) is 1. The lowest BCUT2D eigenvalue weighted by Crippen LogP contribution is -2.16. The van der Waals surface area contributed by atoms with Gasteiger partial charge in [0.25, 0.3) is 0 Å². The zero-order valence-electron chi connectivity index (χ0n) is 11.8. The zero-order valence-corrected chi connectivity index (χ0v) is 12.6. The van der Waals surface area contributed by atoms with E-state index in [1.54, 1.807) is 24.3 Å². The van der Waals surface area contributed by atoms with Crippen LogP contribution >= 0.6 is 11.6 Å². The second-order valence-corrected chi connectivity index (χ2v) is 5.10. The Balaban J connectivity index is 2.05. The van der Waals surface area contributed by atoms with Crippen molar-refractivity contribution >= 4 is 23.2 Å². The third-order valence-corrected chi connectivity index (χ3v) is 3.28. The van der Waals surface area contributed by atoms with Gasteiger partial charge in [-0.05, 0) is 35.9 Å². The highest BCUT2D eigenvalue weighted by Gasteiger charge is 2.15. The molecule has 2 rings (SSSR count). The van der Waals surface area contributed by atoms with Crippen molar-refractivity contribution in [2.75, 3.05) is 12.4 Å². The minimum atomic E-state index is -1.10. The van der Waals surface area contributed by atoms with Crippen molar-refractivity contribution in [3.63, 3.8) is 0 Å². The first-order valence-electron chi connectivity index (χ1n) is 6.56. The molecule has 2 aromatic rings. The zero-order chi connectivity index (χ0) is 16.1. The van der Waals surface area contributed by atoms with Gasteiger partial charge in [-0.3, -0.25) is 4.79 Å². The Morgan fingerprint density at radius 2 is 2.14 bits per heavy atom. The fourth-order valence-electron chi connectivity index (χ4n) is 1.99. The normalized spacial score (nSPS) is 11.8. The summed E-state index contributed by atoms with van der Waals surface area (Å²) in [6, 6.07) is 10.3. The molecule has 0 aromatic heterocycles. The molecular weight excluding hydrogens is 309 g/mol. The Bertz CT molecular complexity index is 678. The predicted octanol–water partition coefficient (Wildman–Crippen LogP) is 3.55. The van der Waals surface area contributed by atoms with Crippen molar-refractivity contribution in [2.24, 2.45) is 0 Å². The number of benzene rings is 2. The van der Waals surface area contributed by atoms with Crippen LogP contribution in [0.1, 0.15) is 18.1 Å². The maximum absolute atomic E-state index is 13.1. The number of aliphatic hydroxyl groups is 1. The van der Waals surface area contributed by atoms with Crippen molar-refractivity contribution in [1.82, 2.24) is 0 Å². The molecule has 0 aliphatic rings. The molecule has 0 heterocycles. The summed E-state index contributed by atoms with van der Waals surface area (Å²) < 4.78 is 18.2. The molecule has 22 heavy (non-hydrogen) atoms. The van der Waals surface area contributed by atoms with E-state index in [0.29, 0.717) is 22.0 Å². The number of anilines is 1. The first kappa shape index (κ1) is 16.3. The number of aliphatic hydroxyl groups excluding tert-OH is 1. The van der Waals surface area contributed by atoms with Crippen LogP contribution in [0.3, 0.4) is 0 Å². The van der Waals surface area contributed by atoms with Gasteiger partial charge in [0.1, 0.15) is 11.6 Å². The van der Waals surface area contributed by atoms with Gasteiger partial charge in [0.2, 0.25) is 5.91 Å². The standard InChI is InChI=1S/C16H15ClFNO3/c1-22-15-6-5-11(17)8-13(15)19-16(21)9-14(20)10-3-2-4-12(18)7-10/h2-8,14,20H,9H2,1H3,(H,19,21). The Hall–Kier alpha value is -2.11. The van der Waals surface area contributed by atoms with E-state index in [4.69, 9.17) is 16.3 Å². The number of carbonyl (C=O) groups excluding carboxylic acids is 1. The quantitative estimate of drug-likeness (QED) is 0.884. The number of carbonyl (C=O) groups is 1. The number of halogens is 2. The molecule has 0 spiro atoms. The van der Waals surface area contributed by atoms with Crippen LogP contribution in [0.2, 0.25) is 5.02 Å². The number of ether oxygens (including phenoxy) is 1. The SMILES string of the molecule is COc1ccc(Cl)cc1NC(=O)CC(O)c1cccc(F)c1. The molecular formula is C16H15ClFNO3. The maximum atomic E-state index is 13.1. The van der Waals surface area contributed by atoms with E-state index in [1.807, 2.05) is 0 Å². The molecule has 0 radical (unpaired) electrons. The Morgan fingerprint density at radius 1 is 1.36 bits per heavy atom. The highest BCUT2D eigenvalue weighted by Crippen LogP contribution is 2.28. The summed E-state index contributed by atoms with van der Waals surface area (Å²) in [5.41, 5.74) is 0.750. The van der Waals surface area contributed by atoms with E-state index >= 15 is 0 Å². The lowest BCUT2D eigenvalue weighted by Gasteiger charge is -2.13. The van der Waals surface area contributed by atoms with E-state index in [0.717, 1.165) is 0 Å². The van der Waals surface area contributed by atoms with Crippen molar-refractivity contribution in [3.05, 3.63) is 58.9 Å². The molecule has 116 valence electrons. The first-order chi connectivity index (χ1) is 10.5. The summed E-state index contributed by atoms with van der Waals surface area (Å²) in [7, 11) is 1.47. The lowest BCUT2D eigenvalue weighted by atomic mass is 10.1. The largest absolute Gasteiger partial charge is 0.495 e. The van der Waals surface area contributed by atoms with Crippen LogP contribution in [-0.4, -0.2) is 18.1 Å². The van der Waals surface area contributed by atoms with Gasteiger partial charge in [-0.25, -0.2) is 4.39 Å². The van der Waals surface area contributed by atoms with Gasteiger partial charge in [0.05, 0.1) is 25.3 Å². The number of amides is 1. The van der Waals surface area contributed by atoms with E-state index in [1.165, 1.54) is 25.3 Å². The Kier molecular flexibility index (Phi) is 5.35. The van der Waals surface area contributed by atoms with Crippen molar-refractivity contribution < 1.29 is 19.0 Å². The van der Waals surface area contributed by atoms with Gasteiger partial charge in [0, 0.05) is 5.02 Å². The number of hydrogen-bond acceptors (Lipinski definition) is 3. The Labute approximate surface area is 132 Å². The first-order valence-corrected chi connectivity index (χ1v) is 6.94. The molecule has 0 bridgehead atoms. The summed E-state index contributed by atoms with van der Waals surface area (Å²) >= 11 is 5.88. The highest BCUT2D eigenvalue weighted by molar-refractivity contribution is 6.31. The summed E-state index contributed by atoms with van der Waals surface area (Å²) in [6.07, 6.45) is -1.31. The second-order valence-electron chi connectivity index (χ2n) is 4.67. The third kappa shape index (κ3) is 4.19. The van der Waals surface area contributed by atoms with Crippen LogP contribution in [0.25, 0.3) is 0 Å². The van der Waals surface area contributed by atoms with Crippen molar-refractivity contribution in [2.45, 2.75) is 12.5 Å². The molecule has 0 saturated carbocycles. The fourth-order valence-corrected chi connectivity index (χ4v) is 2.16. The summed E-state index contributed by atoms with van der Waals surface area (Å²) in [6.45, 7) is 0. The molecule has 1 unspecified atom stereocenters. The van der Waals surface area contributed by atoms with E-state index < -0.39 is 17.8 Å². The average molecular weight is 324 g/mol. The van der Waals surface area contributed by atoms with Gasteiger partial charge in [-0.15, -0.1) is 0 Å². The molecule has 2 N–H and O–H groups in total. The average Bonchev–Trinajstić information content (AvgIpc) is 2.47. The molecule has 1 amide bonds. The Morgan fingerprint density at radius 3 is 2.82 bits per heavy atom. The fraction of sp³-hybridized carbons (Fsp3) is 0.188. The molecule has 2 aromatic carbocycles.